The van der Waals surface area contributed by atoms with Gasteiger partial charge >= 0.3 is 0 Å². The molecule has 0 saturated carbocycles. The number of nitrogens with one attached hydrogen (secondary N) is 1. The Morgan fingerprint density at radius 2 is 2.05 bits per heavy atom. The highest BCUT2D eigenvalue weighted by atomic mass is 16.5. The van der Waals surface area contributed by atoms with Crippen molar-refractivity contribution in [2.75, 3.05) is 18.5 Å². The molecule has 1 aromatic heterocycles. The van der Waals surface area contributed by atoms with Crippen LogP contribution in [-0.2, 0) is 9.53 Å². The highest BCUT2D eigenvalue weighted by Gasteiger charge is 2.16. The largest absolute Gasteiger partial charge is 0.381 e. The molecule has 0 aliphatic carbocycles. The molecule has 1 unspecified atom stereocenters. The lowest BCUT2D eigenvalue weighted by molar-refractivity contribution is -0.116. The van der Waals surface area contributed by atoms with Crippen molar-refractivity contribution in [3.8, 4) is 11.1 Å². The average molecular weight is 296 g/mol. The van der Waals surface area contributed by atoms with E-state index >= 15 is 0 Å². The quantitative estimate of drug-likeness (QED) is 0.918. The fraction of sp³-hybridized carbons (Fsp3) is 0.333. The van der Waals surface area contributed by atoms with Crippen molar-refractivity contribution in [2.45, 2.75) is 19.3 Å². The molecule has 0 bridgehead atoms. The zero-order chi connectivity index (χ0) is 15.2. The predicted molar refractivity (Wildman–Crippen MR) is 86.5 cm³/mol. The number of carbonyl (C=O) groups excluding carboxylic acids is 1. The van der Waals surface area contributed by atoms with Gasteiger partial charge in [-0.25, -0.2) is 4.98 Å². The summed E-state index contributed by atoms with van der Waals surface area (Å²) in [4.78, 5) is 16.3. The van der Waals surface area contributed by atoms with E-state index in [0.29, 0.717) is 18.2 Å². The van der Waals surface area contributed by atoms with Crippen LogP contribution in [0.25, 0.3) is 11.1 Å². The van der Waals surface area contributed by atoms with E-state index in [4.69, 9.17) is 4.74 Å². The molecule has 1 aliphatic rings. The average Bonchev–Trinajstić information content (AvgIpc) is 3.08. The van der Waals surface area contributed by atoms with E-state index in [0.717, 1.165) is 37.2 Å². The van der Waals surface area contributed by atoms with Crippen LogP contribution in [0.4, 0.5) is 5.82 Å². The van der Waals surface area contributed by atoms with Crippen molar-refractivity contribution in [2.24, 2.45) is 5.92 Å². The van der Waals surface area contributed by atoms with Crippen LogP contribution in [0.2, 0.25) is 0 Å². The normalized spacial score (nSPS) is 17.4. The number of ether oxygens (including phenoxy) is 1. The highest BCUT2D eigenvalue weighted by molar-refractivity contribution is 5.89. The lowest BCUT2D eigenvalue weighted by atomic mass is 10.0. The van der Waals surface area contributed by atoms with Crippen LogP contribution in [0.5, 0.6) is 0 Å². The number of amides is 1. The number of rotatable bonds is 5. The van der Waals surface area contributed by atoms with Gasteiger partial charge in [0.2, 0.25) is 5.91 Å². The first-order valence-electron chi connectivity index (χ1n) is 7.70. The van der Waals surface area contributed by atoms with Crippen molar-refractivity contribution < 1.29 is 9.53 Å². The Labute approximate surface area is 130 Å². The van der Waals surface area contributed by atoms with Crippen molar-refractivity contribution >= 4 is 11.7 Å². The van der Waals surface area contributed by atoms with Gasteiger partial charge in [0.25, 0.3) is 0 Å². The van der Waals surface area contributed by atoms with Gasteiger partial charge in [-0.3, -0.25) is 4.79 Å². The first-order chi connectivity index (χ1) is 10.8. The molecule has 1 atom stereocenters. The van der Waals surface area contributed by atoms with E-state index in [-0.39, 0.29) is 5.91 Å². The molecule has 114 valence electrons. The van der Waals surface area contributed by atoms with Crippen LogP contribution in [0.1, 0.15) is 19.3 Å². The number of carbonyl (C=O) groups is 1. The Balaban J connectivity index is 1.53. The number of aromatic nitrogens is 1. The summed E-state index contributed by atoms with van der Waals surface area (Å²) in [7, 11) is 0. The van der Waals surface area contributed by atoms with Crippen molar-refractivity contribution in [3.63, 3.8) is 0 Å². The summed E-state index contributed by atoms with van der Waals surface area (Å²) in [5, 5.41) is 2.85. The Morgan fingerprint density at radius 3 is 2.73 bits per heavy atom. The van der Waals surface area contributed by atoms with E-state index in [9.17, 15) is 4.79 Å². The van der Waals surface area contributed by atoms with Crippen LogP contribution in [0.15, 0.2) is 48.7 Å². The topological polar surface area (TPSA) is 51.2 Å². The Bertz CT molecular complexity index is 605. The minimum atomic E-state index is 0.0202. The van der Waals surface area contributed by atoms with Gasteiger partial charge in [0.15, 0.2) is 0 Å². The third-order valence-corrected chi connectivity index (χ3v) is 3.94. The molecule has 1 amide bonds. The molecule has 1 N–H and O–H groups in total. The number of nitrogens with zero attached hydrogens (tertiary/aromatic N) is 1. The maximum atomic E-state index is 11.9. The van der Waals surface area contributed by atoms with Gasteiger partial charge in [-0.1, -0.05) is 30.3 Å². The fourth-order valence-corrected chi connectivity index (χ4v) is 2.62. The number of pyridine rings is 1. The molecule has 0 radical (unpaired) electrons. The summed E-state index contributed by atoms with van der Waals surface area (Å²) in [6.45, 7) is 1.62. The monoisotopic (exact) mass is 296 g/mol. The molecule has 2 heterocycles. The maximum absolute atomic E-state index is 11.9. The molecule has 0 spiro atoms. The lowest BCUT2D eigenvalue weighted by Gasteiger charge is -2.08. The molecule has 1 fully saturated rings. The minimum absolute atomic E-state index is 0.0202. The second kappa shape index (κ2) is 7.18. The summed E-state index contributed by atoms with van der Waals surface area (Å²) in [6, 6.07) is 13.9. The lowest BCUT2D eigenvalue weighted by Crippen LogP contribution is -2.14. The number of anilines is 1. The number of hydrogen-bond donors (Lipinski definition) is 1. The van der Waals surface area contributed by atoms with E-state index in [2.05, 4.69) is 10.3 Å². The van der Waals surface area contributed by atoms with Crippen LogP contribution >= 0.6 is 0 Å². The summed E-state index contributed by atoms with van der Waals surface area (Å²) >= 11 is 0. The van der Waals surface area contributed by atoms with Crippen molar-refractivity contribution in [1.82, 2.24) is 4.98 Å². The standard InChI is InChI=1S/C18H20N2O2/c21-18(9-6-14-10-11-22-13-14)20-17-8-7-16(12-19-17)15-4-2-1-3-5-15/h1-5,7-8,12,14H,6,9-11,13H2,(H,19,20,21). The number of benzene rings is 1. The molecule has 1 aromatic carbocycles. The van der Waals surface area contributed by atoms with Gasteiger partial charge in [0.1, 0.15) is 5.82 Å². The zero-order valence-electron chi connectivity index (χ0n) is 12.5. The molecule has 1 saturated heterocycles. The summed E-state index contributed by atoms with van der Waals surface area (Å²) in [5.41, 5.74) is 2.16. The number of hydrogen-bond acceptors (Lipinski definition) is 3. The first-order valence-corrected chi connectivity index (χ1v) is 7.70. The highest BCUT2D eigenvalue weighted by Crippen LogP contribution is 2.20. The van der Waals surface area contributed by atoms with Gasteiger partial charge in [-0.15, -0.1) is 0 Å². The van der Waals surface area contributed by atoms with E-state index < -0.39 is 0 Å². The first kappa shape index (κ1) is 14.7. The molecule has 4 nitrogen and oxygen atoms in total. The van der Waals surface area contributed by atoms with Crippen LogP contribution in [0, 0.1) is 5.92 Å². The van der Waals surface area contributed by atoms with Gasteiger partial charge in [0, 0.05) is 31.4 Å². The smallest absolute Gasteiger partial charge is 0.225 e. The molecule has 3 rings (SSSR count). The predicted octanol–water partition coefficient (Wildman–Crippen LogP) is 3.50. The molecule has 4 heteroatoms. The maximum Gasteiger partial charge on any atom is 0.225 e. The summed E-state index contributed by atoms with van der Waals surface area (Å²) in [5.74, 6) is 1.15. The summed E-state index contributed by atoms with van der Waals surface area (Å²) in [6.07, 6.45) is 4.26. The van der Waals surface area contributed by atoms with Crippen LogP contribution in [-0.4, -0.2) is 24.1 Å². The van der Waals surface area contributed by atoms with E-state index in [1.807, 2.05) is 42.5 Å². The van der Waals surface area contributed by atoms with Crippen LogP contribution < -0.4 is 5.32 Å². The zero-order valence-corrected chi connectivity index (χ0v) is 12.5. The van der Waals surface area contributed by atoms with Gasteiger partial charge in [-0.05, 0) is 36.5 Å². The third kappa shape index (κ3) is 3.92. The Morgan fingerprint density at radius 1 is 1.18 bits per heavy atom. The summed E-state index contributed by atoms with van der Waals surface area (Å²) < 4.78 is 5.32. The molecular formula is C18H20N2O2. The van der Waals surface area contributed by atoms with Crippen molar-refractivity contribution in [3.05, 3.63) is 48.7 Å². The molecule has 2 aromatic rings. The SMILES string of the molecule is O=C(CCC1CCOC1)Nc1ccc(-c2ccccc2)cn1. The second-order valence-electron chi connectivity index (χ2n) is 5.61. The Kier molecular flexibility index (Phi) is 4.81. The fourth-order valence-electron chi connectivity index (χ4n) is 2.62. The van der Waals surface area contributed by atoms with Crippen molar-refractivity contribution in [1.29, 1.82) is 0 Å². The molecule has 1 aliphatic heterocycles. The minimum Gasteiger partial charge on any atom is -0.381 e. The van der Waals surface area contributed by atoms with E-state index in [1.165, 1.54) is 0 Å². The van der Waals surface area contributed by atoms with Gasteiger partial charge < -0.3 is 10.1 Å². The molecular weight excluding hydrogens is 276 g/mol. The van der Waals surface area contributed by atoms with E-state index in [1.54, 1.807) is 6.20 Å². The third-order valence-electron chi connectivity index (χ3n) is 3.94. The Hall–Kier alpha value is -2.20. The van der Waals surface area contributed by atoms with Crippen LogP contribution in [0.3, 0.4) is 0 Å². The second-order valence-corrected chi connectivity index (χ2v) is 5.61. The van der Waals surface area contributed by atoms with Gasteiger partial charge in [0.05, 0.1) is 0 Å². The van der Waals surface area contributed by atoms with Gasteiger partial charge in [-0.2, -0.15) is 0 Å². The molecule has 22 heavy (non-hydrogen) atoms.